The van der Waals surface area contributed by atoms with Crippen LogP contribution in [0.3, 0.4) is 0 Å². The third kappa shape index (κ3) is 2.28. The van der Waals surface area contributed by atoms with Crippen LogP contribution in [0.1, 0.15) is 0 Å². The van der Waals surface area contributed by atoms with Gasteiger partial charge >= 0.3 is 0 Å². The topological polar surface area (TPSA) is 35.2 Å². The van der Waals surface area contributed by atoms with E-state index in [1.807, 2.05) is 0 Å². The van der Waals surface area contributed by atoms with E-state index in [1.165, 1.54) is 6.07 Å². The summed E-state index contributed by atoms with van der Waals surface area (Å²) >= 11 is 0. The van der Waals surface area contributed by atoms with Crippen LogP contribution >= 0.6 is 0 Å². The van der Waals surface area contributed by atoms with E-state index in [0.29, 0.717) is 11.4 Å². The lowest BCUT2D eigenvalue weighted by Gasteiger charge is -2.06. The van der Waals surface area contributed by atoms with E-state index >= 15 is 0 Å². The van der Waals surface area contributed by atoms with Crippen LogP contribution in [0.15, 0.2) is 42.5 Å². The quantitative estimate of drug-likeness (QED) is 0.789. The minimum absolute atomic E-state index is 0.226. The minimum atomic E-state index is -0.943. The van der Waals surface area contributed by atoms with Gasteiger partial charge in [0.05, 0.1) is 0 Å². The highest BCUT2D eigenvalue weighted by molar-refractivity contribution is 5.45. The molecular weight excluding hydrogens is 212 g/mol. The first-order chi connectivity index (χ1) is 7.65. The molecule has 16 heavy (non-hydrogen) atoms. The third-order valence-electron chi connectivity index (χ3n) is 1.98. The Labute approximate surface area is 91.3 Å². The number of hydrogen-bond acceptors (Lipinski definition) is 2. The molecule has 0 radical (unpaired) electrons. The molecule has 0 atom stereocenters. The summed E-state index contributed by atoms with van der Waals surface area (Å²) in [7, 11) is 0. The van der Waals surface area contributed by atoms with Crippen molar-refractivity contribution in [3.63, 3.8) is 0 Å². The Hall–Kier alpha value is -2.10. The third-order valence-corrected chi connectivity index (χ3v) is 1.98. The van der Waals surface area contributed by atoms with Crippen molar-refractivity contribution in [1.82, 2.24) is 0 Å². The number of hydrogen-bond donors (Lipinski definition) is 1. The van der Waals surface area contributed by atoms with Gasteiger partial charge in [-0.2, -0.15) is 0 Å². The van der Waals surface area contributed by atoms with Crippen molar-refractivity contribution in [2.24, 2.45) is 0 Å². The van der Waals surface area contributed by atoms with Gasteiger partial charge in [0.25, 0.3) is 0 Å². The maximum absolute atomic E-state index is 12.9. The van der Waals surface area contributed by atoms with Gasteiger partial charge in [0.2, 0.25) is 0 Å². The molecule has 82 valence electrons. The number of anilines is 1. The number of nitrogen functional groups attached to an aromatic ring is 1. The fourth-order valence-corrected chi connectivity index (χ4v) is 1.25. The second-order valence-electron chi connectivity index (χ2n) is 3.25. The molecule has 2 nitrogen and oxygen atoms in total. The van der Waals surface area contributed by atoms with E-state index in [4.69, 9.17) is 10.5 Å². The van der Waals surface area contributed by atoms with Crippen LogP contribution in [-0.4, -0.2) is 0 Å². The zero-order valence-electron chi connectivity index (χ0n) is 8.28. The predicted molar refractivity (Wildman–Crippen MR) is 57.3 cm³/mol. The summed E-state index contributed by atoms with van der Waals surface area (Å²) in [5, 5.41) is 0. The average molecular weight is 221 g/mol. The van der Waals surface area contributed by atoms with Gasteiger partial charge in [-0.15, -0.1) is 0 Å². The van der Waals surface area contributed by atoms with E-state index in [-0.39, 0.29) is 5.75 Å². The Morgan fingerprint density at radius 3 is 2.31 bits per heavy atom. The van der Waals surface area contributed by atoms with Crippen molar-refractivity contribution in [2.45, 2.75) is 0 Å². The van der Waals surface area contributed by atoms with Gasteiger partial charge in [0, 0.05) is 17.8 Å². The molecule has 0 unspecified atom stereocenters. The Kier molecular flexibility index (Phi) is 2.72. The number of ether oxygens (including phenoxy) is 1. The van der Waals surface area contributed by atoms with Crippen molar-refractivity contribution < 1.29 is 13.5 Å². The molecule has 2 aromatic carbocycles. The Balaban J connectivity index is 2.24. The molecule has 0 bridgehead atoms. The highest BCUT2D eigenvalue weighted by Gasteiger charge is 2.04. The molecule has 0 aromatic heterocycles. The fraction of sp³-hybridized carbons (Fsp3) is 0. The molecule has 0 aliphatic carbocycles. The molecule has 2 aromatic rings. The standard InChI is InChI=1S/C12H9F2NO/c13-11-5-4-10(7-12(11)14)16-9-3-1-2-8(15)6-9/h1-7H,15H2. The van der Waals surface area contributed by atoms with Crippen LogP contribution in [0.25, 0.3) is 0 Å². The van der Waals surface area contributed by atoms with Crippen LogP contribution < -0.4 is 10.5 Å². The summed E-state index contributed by atoms with van der Waals surface area (Å²) in [5.74, 6) is -1.14. The first-order valence-electron chi connectivity index (χ1n) is 4.63. The average Bonchev–Trinajstić information content (AvgIpc) is 2.24. The molecule has 0 amide bonds. The summed E-state index contributed by atoms with van der Waals surface area (Å²) in [4.78, 5) is 0. The maximum Gasteiger partial charge on any atom is 0.162 e. The van der Waals surface area contributed by atoms with Gasteiger partial charge in [0.15, 0.2) is 11.6 Å². The van der Waals surface area contributed by atoms with Gasteiger partial charge in [0.1, 0.15) is 11.5 Å². The van der Waals surface area contributed by atoms with E-state index in [1.54, 1.807) is 24.3 Å². The SMILES string of the molecule is Nc1cccc(Oc2ccc(F)c(F)c2)c1. The normalized spacial score (nSPS) is 10.1. The van der Waals surface area contributed by atoms with Crippen molar-refractivity contribution in [3.8, 4) is 11.5 Å². The zero-order chi connectivity index (χ0) is 11.5. The highest BCUT2D eigenvalue weighted by atomic mass is 19.2. The van der Waals surface area contributed by atoms with E-state index in [0.717, 1.165) is 12.1 Å². The van der Waals surface area contributed by atoms with Crippen LogP contribution in [-0.2, 0) is 0 Å². The number of halogens is 2. The molecule has 0 heterocycles. The molecule has 0 spiro atoms. The molecule has 4 heteroatoms. The number of benzene rings is 2. The van der Waals surface area contributed by atoms with Crippen LogP contribution in [0, 0.1) is 11.6 Å². The van der Waals surface area contributed by atoms with Crippen LogP contribution in [0.4, 0.5) is 14.5 Å². The van der Waals surface area contributed by atoms with Crippen molar-refractivity contribution in [1.29, 1.82) is 0 Å². The van der Waals surface area contributed by atoms with E-state index in [2.05, 4.69) is 0 Å². The van der Waals surface area contributed by atoms with Crippen molar-refractivity contribution >= 4 is 5.69 Å². The molecule has 2 N–H and O–H groups in total. The molecule has 0 fully saturated rings. The zero-order valence-corrected chi connectivity index (χ0v) is 8.28. The Morgan fingerprint density at radius 1 is 0.875 bits per heavy atom. The van der Waals surface area contributed by atoms with Gasteiger partial charge in [-0.25, -0.2) is 8.78 Å². The monoisotopic (exact) mass is 221 g/mol. The lowest BCUT2D eigenvalue weighted by molar-refractivity contribution is 0.462. The maximum atomic E-state index is 12.9. The number of nitrogens with two attached hydrogens (primary N) is 1. The van der Waals surface area contributed by atoms with Crippen molar-refractivity contribution in [3.05, 3.63) is 54.1 Å². The fourth-order valence-electron chi connectivity index (χ4n) is 1.25. The Morgan fingerprint density at radius 2 is 1.62 bits per heavy atom. The molecular formula is C12H9F2NO. The Bertz CT molecular complexity index is 514. The van der Waals surface area contributed by atoms with Gasteiger partial charge in [-0.1, -0.05) is 6.07 Å². The highest BCUT2D eigenvalue weighted by Crippen LogP contribution is 2.24. The first kappa shape index (κ1) is 10.4. The van der Waals surface area contributed by atoms with Crippen molar-refractivity contribution in [2.75, 3.05) is 5.73 Å². The molecule has 0 saturated carbocycles. The summed E-state index contributed by atoms with van der Waals surface area (Å²) in [6.07, 6.45) is 0. The van der Waals surface area contributed by atoms with Gasteiger partial charge in [-0.3, -0.25) is 0 Å². The summed E-state index contributed by atoms with van der Waals surface area (Å²) < 4.78 is 30.8. The van der Waals surface area contributed by atoms with E-state index in [9.17, 15) is 8.78 Å². The lowest BCUT2D eigenvalue weighted by Crippen LogP contribution is -1.89. The summed E-state index contributed by atoms with van der Waals surface area (Å²) in [6.45, 7) is 0. The lowest BCUT2D eigenvalue weighted by atomic mass is 10.3. The summed E-state index contributed by atoms with van der Waals surface area (Å²) in [5.41, 5.74) is 6.09. The number of rotatable bonds is 2. The minimum Gasteiger partial charge on any atom is -0.457 e. The second-order valence-corrected chi connectivity index (χ2v) is 3.25. The van der Waals surface area contributed by atoms with Gasteiger partial charge < -0.3 is 10.5 Å². The van der Waals surface area contributed by atoms with E-state index < -0.39 is 11.6 Å². The summed E-state index contributed by atoms with van der Waals surface area (Å²) in [6, 6.07) is 10.0. The molecule has 0 aliphatic heterocycles. The molecule has 0 aliphatic rings. The predicted octanol–water partition coefficient (Wildman–Crippen LogP) is 3.34. The second kappa shape index (κ2) is 4.18. The van der Waals surface area contributed by atoms with Crippen LogP contribution in [0.2, 0.25) is 0 Å². The van der Waals surface area contributed by atoms with Gasteiger partial charge in [-0.05, 0) is 24.3 Å². The smallest absolute Gasteiger partial charge is 0.162 e. The largest absolute Gasteiger partial charge is 0.457 e. The molecule has 2 rings (SSSR count). The molecule has 0 saturated heterocycles. The van der Waals surface area contributed by atoms with Crippen LogP contribution in [0.5, 0.6) is 11.5 Å². The first-order valence-corrected chi connectivity index (χ1v) is 4.63.